The highest BCUT2D eigenvalue weighted by Gasteiger charge is 2.20. The molecule has 2 aromatic carbocycles. The summed E-state index contributed by atoms with van der Waals surface area (Å²) in [4.78, 5) is 13.3. The molecular formula is C23H29N3O2. The number of ether oxygens (including phenoxy) is 1. The number of amides is 1. The van der Waals surface area contributed by atoms with Gasteiger partial charge >= 0.3 is 0 Å². The normalized spacial score (nSPS) is 14.9. The third kappa shape index (κ3) is 5.20. The minimum atomic E-state index is 0.0777. The standard InChI is InChI=1S/C23H29N3O2/c1-16-10-19(15-28-14-18-6-8-26(9-7-18)17(2)27)12-22(11-16)20-4-3-5-21(13-20)23(24)25/h3-5,10-13,18H,6-9,14-15H2,1-2H3,(H3,24,25). The van der Waals surface area contributed by atoms with E-state index in [2.05, 4.69) is 25.1 Å². The first-order valence-corrected chi connectivity index (χ1v) is 9.81. The van der Waals surface area contributed by atoms with Gasteiger partial charge in [0.25, 0.3) is 0 Å². The molecule has 28 heavy (non-hydrogen) atoms. The molecule has 0 unspecified atom stereocenters. The molecule has 1 amide bonds. The second kappa shape index (κ2) is 9.02. The van der Waals surface area contributed by atoms with Crippen molar-refractivity contribution in [3.63, 3.8) is 0 Å². The minimum absolute atomic E-state index is 0.0777. The SMILES string of the molecule is CC(=O)N1CCC(COCc2cc(C)cc(-c3cccc(C(=N)N)c3)c2)CC1. The van der Waals surface area contributed by atoms with E-state index in [9.17, 15) is 4.79 Å². The van der Waals surface area contributed by atoms with Gasteiger partial charge in [-0.05, 0) is 54.5 Å². The van der Waals surface area contributed by atoms with Crippen LogP contribution in [0.1, 0.15) is 36.5 Å². The maximum Gasteiger partial charge on any atom is 0.219 e. The van der Waals surface area contributed by atoms with Gasteiger partial charge < -0.3 is 15.4 Å². The van der Waals surface area contributed by atoms with Crippen molar-refractivity contribution in [1.82, 2.24) is 4.90 Å². The predicted octanol–water partition coefficient (Wildman–Crippen LogP) is 3.72. The number of carbonyl (C=O) groups excluding carboxylic acids is 1. The lowest BCUT2D eigenvalue weighted by molar-refractivity contribution is -0.130. The summed E-state index contributed by atoms with van der Waals surface area (Å²) in [6, 6.07) is 14.2. The van der Waals surface area contributed by atoms with Crippen molar-refractivity contribution < 1.29 is 9.53 Å². The van der Waals surface area contributed by atoms with Crippen LogP contribution in [0.3, 0.4) is 0 Å². The summed E-state index contributed by atoms with van der Waals surface area (Å²) < 4.78 is 6.01. The summed E-state index contributed by atoms with van der Waals surface area (Å²) >= 11 is 0. The van der Waals surface area contributed by atoms with Gasteiger partial charge in [0.15, 0.2) is 0 Å². The molecule has 0 saturated carbocycles. The molecule has 2 aromatic rings. The lowest BCUT2D eigenvalue weighted by Crippen LogP contribution is -2.38. The van der Waals surface area contributed by atoms with Crippen LogP contribution >= 0.6 is 0 Å². The van der Waals surface area contributed by atoms with Crippen molar-refractivity contribution in [2.45, 2.75) is 33.3 Å². The number of nitrogens with zero attached hydrogens (tertiary/aromatic N) is 1. The second-order valence-corrected chi connectivity index (χ2v) is 7.67. The van der Waals surface area contributed by atoms with Crippen molar-refractivity contribution in [3.8, 4) is 11.1 Å². The van der Waals surface area contributed by atoms with E-state index in [1.165, 1.54) is 5.56 Å². The highest BCUT2D eigenvalue weighted by Crippen LogP contribution is 2.24. The Hall–Kier alpha value is -2.66. The van der Waals surface area contributed by atoms with Gasteiger partial charge in [-0.25, -0.2) is 0 Å². The summed E-state index contributed by atoms with van der Waals surface area (Å²) in [5, 5.41) is 7.64. The molecular weight excluding hydrogens is 350 g/mol. The predicted molar refractivity (Wildman–Crippen MR) is 112 cm³/mol. The molecule has 0 bridgehead atoms. The van der Waals surface area contributed by atoms with Gasteiger partial charge in [0.2, 0.25) is 5.91 Å². The van der Waals surface area contributed by atoms with Crippen molar-refractivity contribution >= 4 is 11.7 Å². The van der Waals surface area contributed by atoms with Gasteiger partial charge in [-0.2, -0.15) is 0 Å². The van der Waals surface area contributed by atoms with Gasteiger partial charge in [0.05, 0.1) is 6.61 Å². The molecule has 0 aromatic heterocycles. The molecule has 5 heteroatoms. The summed E-state index contributed by atoms with van der Waals surface area (Å²) in [7, 11) is 0. The molecule has 1 saturated heterocycles. The number of amidine groups is 1. The smallest absolute Gasteiger partial charge is 0.219 e. The zero-order valence-corrected chi connectivity index (χ0v) is 16.7. The molecule has 0 spiro atoms. The Bertz CT molecular complexity index is 855. The Labute approximate surface area is 167 Å². The Balaban J connectivity index is 1.60. The number of nitrogens with two attached hydrogens (primary N) is 1. The number of rotatable bonds is 6. The quantitative estimate of drug-likeness (QED) is 0.593. The van der Waals surface area contributed by atoms with Crippen LogP contribution in [0.25, 0.3) is 11.1 Å². The van der Waals surface area contributed by atoms with E-state index in [4.69, 9.17) is 15.9 Å². The molecule has 1 fully saturated rings. The number of likely N-dealkylation sites (tertiary alicyclic amines) is 1. The molecule has 3 rings (SSSR count). The van der Waals surface area contributed by atoms with Crippen LogP contribution in [-0.4, -0.2) is 36.3 Å². The van der Waals surface area contributed by atoms with Gasteiger partial charge in [-0.1, -0.05) is 35.9 Å². The number of carbonyl (C=O) groups is 1. The van der Waals surface area contributed by atoms with Crippen LogP contribution in [0, 0.1) is 18.3 Å². The van der Waals surface area contributed by atoms with Gasteiger partial charge in [0.1, 0.15) is 5.84 Å². The van der Waals surface area contributed by atoms with E-state index in [1.807, 2.05) is 29.2 Å². The van der Waals surface area contributed by atoms with Crippen molar-refractivity contribution in [1.29, 1.82) is 5.41 Å². The number of piperidine rings is 1. The molecule has 5 nitrogen and oxygen atoms in total. The van der Waals surface area contributed by atoms with Crippen molar-refractivity contribution in [2.24, 2.45) is 11.7 Å². The van der Waals surface area contributed by atoms with Crippen LogP contribution in [0.2, 0.25) is 0 Å². The molecule has 1 aliphatic rings. The first kappa shape index (κ1) is 20.1. The number of nitrogen functional groups attached to an aromatic ring is 1. The lowest BCUT2D eigenvalue weighted by Gasteiger charge is -2.31. The third-order valence-corrected chi connectivity index (χ3v) is 5.33. The first-order valence-electron chi connectivity index (χ1n) is 9.81. The highest BCUT2D eigenvalue weighted by molar-refractivity contribution is 5.96. The average molecular weight is 380 g/mol. The highest BCUT2D eigenvalue weighted by atomic mass is 16.5. The fourth-order valence-electron chi connectivity index (χ4n) is 3.74. The molecule has 148 valence electrons. The number of hydrogen-bond acceptors (Lipinski definition) is 3. The number of hydrogen-bond donors (Lipinski definition) is 2. The maximum atomic E-state index is 11.4. The van der Waals surface area contributed by atoms with E-state index in [0.717, 1.165) is 54.8 Å². The fraction of sp³-hybridized carbons (Fsp3) is 0.391. The number of nitrogens with one attached hydrogen (secondary N) is 1. The largest absolute Gasteiger partial charge is 0.384 e. The Morgan fingerprint density at radius 2 is 1.93 bits per heavy atom. The fourth-order valence-corrected chi connectivity index (χ4v) is 3.74. The van der Waals surface area contributed by atoms with E-state index in [-0.39, 0.29) is 11.7 Å². The zero-order valence-electron chi connectivity index (χ0n) is 16.7. The molecule has 0 radical (unpaired) electrons. The maximum absolute atomic E-state index is 11.4. The Morgan fingerprint density at radius 1 is 1.18 bits per heavy atom. The summed E-state index contributed by atoms with van der Waals surface area (Å²) in [5.74, 6) is 0.765. The van der Waals surface area contributed by atoms with Gasteiger partial charge in [0, 0.05) is 32.2 Å². The first-order chi connectivity index (χ1) is 13.4. The van der Waals surface area contributed by atoms with Crippen LogP contribution < -0.4 is 5.73 Å². The monoisotopic (exact) mass is 379 g/mol. The van der Waals surface area contributed by atoms with Crippen LogP contribution in [0.4, 0.5) is 0 Å². The van der Waals surface area contributed by atoms with Gasteiger partial charge in [-0.3, -0.25) is 10.2 Å². The topological polar surface area (TPSA) is 79.4 Å². The van der Waals surface area contributed by atoms with Gasteiger partial charge in [-0.15, -0.1) is 0 Å². The molecule has 1 aliphatic heterocycles. The van der Waals surface area contributed by atoms with Crippen LogP contribution in [0.5, 0.6) is 0 Å². The van der Waals surface area contributed by atoms with E-state index >= 15 is 0 Å². The van der Waals surface area contributed by atoms with Crippen molar-refractivity contribution in [3.05, 3.63) is 59.2 Å². The lowest BCUT2D eigenvalue weighted by atomic mass is 9.97. The minimum Gasteiger partial charge on any atom is -0.384 e. The van der Waals surface area contributed by atoms with E-state index in [1.54, 1.807) is 6.92 Å². The Kier molecular flexibility index (Phi) is 6.47. The third-order valence-electron chi connectivity index (χ3n) is 5.33. The summed E-state index contributed by atoms with van der Waals surface area (Å²) in [6.07, 6.45) is 2.02. The Morgan fingerprint density at radius 3 is 2.61 bits per heavy atom. The van der Waals surface area contributed by atoms with Crippen LogP contribution in [-0.2, 0) is 16.1 Å². The van der Waals surface area contributed by atoms with Crippen LogP contribution in [0.15, 0.2) is 42.5 Å². The average Bonchev–Trinajstić information content (AvgIpc) is 2.68. The number of benzene rings is 2. The second-order valence-electron chi connectivity index (χ2n) is 7.67. The zero-order chi connectivity index (χ0) is 20.1. The van der Waals surface area contributed by atoms with E-state index in [0.29, 0.717) is 12.5 Å². The van der Waals surface area contributed by atoms with E-state index < -0.39 is 0 Å². The van der Waals surface area contributed by atoms with Crippen molar-refractivity contribution in [2.75, 3.05) is 19.7 Å². The molecule has 3 N–H and O–H groups in total. The molecule has 0 atom stereocenters. The number of aryl methyl sites for hydroxylation is 1. The molecule has 0 aliphatic carbocycles. The summed E-state index contributed by atoms with van der Waals surface area (Å²) in [5.41, 5.74) is 10.8. The summed E-state index contributed by atoms with van der Waals surface area (Å²) in [6.45, 7) is 6.70. The molecule has 1 heterocycles.